The molecule has 0 saturated heterocycles. The minimum absolute atomic E-state index is 0.239. The van der Waals surface area contributed by atoms with Crippen LogP contribution in [-0.4, -0.2) is 45.3 Å². The summed E-state index contributed by atoms with van der Waals surface area (Å²) in [6.07, 6.45) is -2.54. The molecule has 0 aromatic heterocycles. The standard InChI is InChI=1S/C17H26F3N3O3/c1-2-3-9-24-11-12-25-10-8-22-16(21)23-13-14-4-6-15(7-5-14)26-17(18,19)20/h4-7H,2-3,8-13H2,1H3,(H3,21,22,23). The summed E-state index contributed by atoms with van der Waals surface area (Å²) in [5, 5.41) is 2.90. The second kappa shape index (κ2) is 12.4. The van der Waals surface area contributed by atoms with Gasteiger partial charge < -0.3 is 25.3 Å². The number of aliphatic imine (C=N–C) groups is 1. The maximum Gasteiger partial charge on any atom is 0.573 e. The number of alkyl halides is 3. The van der Waals surface area contributed by atoms with Crippen molar-refractivity contribution in [3.05, 3.63) is 29.8 Å². The van der Waals surface area contributed by atoms with Crippen LogP contribution in [-0.2, 0) is 16.0 Å². The van der Waals surface area contributed by atoms with E-state index in [2.05, 4.69) is 22.0 Å². The zero-order valence-corrected chi connectivity index (χ0v) is 14.8. The van der Waals surface area contributed by atoms with Crippen molar-refractivity contribution in [2.75, 3.05) is 33.0 Å². The number of hydrogen-bond acceptors (Lipinski definition) is 4. The fraction of sp³-hybridized carbons (Fsp3) is 0.588. The van der Waals surface area contributed by atoms with E-state index >= 15 is 0 Å². The summed E-state index contributed by atoms with van der Waals surface area (Å²) in [6, 6.07) is 5.47. The lowest BCUT2D eigenvalue weighted by molar-refractivity contribution is -0.274. The van der Waals surface area contributed by atoms with Crippen LogP contribution < -0.4 is 15.8 Å². The molecule has 26 heavy (non-hydrogen) atoms. The molecular formula is C17H26F3N3O3. The molecule has 0 aliphatic heterocycles. The molecule has 3 N–H and O–H groups in total. The van der Waals surface area contributed by atoms with Gasteiger partial charge in [-0.3, -0.25) is 0 Å². The van der Waals surface area contributed by atoms with Gasteiger partial charge in [-0.25, -0.2) is 4.99 Å². The number of guanidine groups is 1. The Labute approximate surface area is 151 Å². The highest BCUT2D eigenvalue weighted by Gasteiger charge is 2.30. The van der Waals surface area contributed by atoms with E-state index in [0.717, 1.165) is 19.4 Å². The smallest absolute Gasteiger partial charge is 0.406 e. The van der Waals surface area contributed by atoms with Crippen molar-refractivity contribution in [1.29, 1.82) is 0 Å². The molecule has 0 spiro atoms. The number of unbranched alkanes of at least 4 members (excludes halogenated alkanes) is 1. The highest BCUT2D eigenvalue weighted by atomic mass is 19.4. The van der Waals surface area contributed by atoms with Crippen LogP contribution in [0.1, 0.15) is 25.3 Å². The first-order chi connectivity index (χ1) is 12.4. The van der Waals surface area contributed by atoms with Gasteiger partial charge in [-0.05, 0) is 24.1 Å². The molecule has 0 aliphatic rings. The summed E-state index contributed by atoms with van der Waals surface area (Å²) >= 11 is 0. The van der Waals surface area contributed by atoms with Crippen molar-refractivity contribution in [2.24, 2.45) is 10.7 Å². The summed E-state index contributed by atoms with van der Waals surface area (Å²) < 4.78 is 50.8. The lowest BCUT2D eigenvalue weighted by atomic mass is 10.2. The van der Waals surface area contributed by atoms with Crippen molar-refractivity contribution in [3.8, 4) is 5.75 Å². The first-order valence-corrected chi connectivity index (χ1v) is 8.44. The fourth-order valence-corrected chi connectivity index (χ4v) is 1.85. The number of halogens is 3. The molecule has 0 fully saturated rings. The first kappa shape index (κ1) is 22.0. The lowest BCUT2D eigenvalue weighted by Crippen LogP contribution is -2.34. The monoisotopic (exact) mass is 377 g/mol. The topological polar surface area (TPSA) is 78.1 Å². The zero-order chi connectivity index (χ0) is 19.3. The highest BCUT2D eigenvalue weighted by molar-refractivity contribution is 5.77. The normalized spacial score (nSPS) is 12.2. The van der Waals surface area contributed by atoms with Gasteiger partial charge >= 0.3 is 6.36 Å². The molecule has 0 saturated carbocycles. The minimum Gasteiger partial charge on any atom is -0.406 e. The maximum atomic E-state index is 12.1. The van der Waals surface area contributed by atoms with Gasteiger partial charge in [0.15, 0.2) is 5.96 Å². The third-order valence-corrected chi connectivity index (χ3v) is 3.16. The van der Waals surface area contributed by atoms with Crippen LogP contribution in [0.15, 0.2) is 29.3 Å². The summed E-state index contributed by atoms with van der Waals surface area (Å²) in [5.41, 5.74) is 6.43. The van der Waals surface area contributed by atoms with E-state index in [1.807, 2.05) is 0 Å². The van der Waals surface area contributed by atoms with Crippen LogP contribution in [0, 0.1) is 0 Å². The molecule has 0 bridgehead atoms. The summed E-state index contributed by atoms with van der Waals surface area (Å²) in [5.74, 6) is -0.0319. The molecule has 0 unspecified atom stereocenters. The third-order valence-electron chi connectivity index (χ3n) is 3.16. The van der Waals surface area contributed by atoms with Gasteiger partial charge in [0, 0.05) is 13.2 Å². The van der Waals surface area contributed by atoms with Gasteiger partial charge in [0.05, 0.1) is 26.4 Å². The summed E-state index contributed by atoms with van der Waals surface area (Å²) in [4.78, 5) is 4.11. The molecule has 0 amide bonds. The van der Waals surface area contributed by atoms with Crippen molar-refractivity contribution in [2.45, 2.75) is 32.7 Å². The number of nitrogens with zero attached hydrogens (tertiary/aromatic N) is 1. The largest absolute Gasteiger partial charge is 0.573 e. The van der Waals surface area contributed by atoms with Crippen LogP contribution in [0.25, 0.3) is 0 Å². The Morgan fingerprint density at radius 3 is 2.35 bits per heavy atom. The van der Waals surface area contributed by atoms with Gasteiger partial charge in [-0.2, -0.15) is 0 Å². The highest BCUT2D eigenvalue weighted by Crippen LogP contribution is 2.22. The van der Waals surface area contributed by atoms with Gasteiger partial charge in [0.2, 0.25) is 0 Å². The van der Waals surface area contributed by atoms with E-state index in [0.29, 0.717) is 31.9 Å². The number of hydrogen-bond donors (Lipinski definition) is 2. The average Bonchev–Trinajstić information content (AvgIpc) is 2.58. The van der Waals surface area contributed by atoms with Crippen molar-refractivity contribution >= 4 is 5.96 Å². The Balaban J connectivity index is 2.15. The Morgan fingerprint density at radius 1 is 1.08 bits per heavy atom. The van der Waals surface area contributed by atoms with E-state index in [1.54, 1.807) is 0 Å². The molecule has 1 aromatic carbocycles. The van der Waals surface area contributed by atoms with Crippen molar-refractivity contribution < 1.29 is 27.4 Å². The van der Waals surface area contributed by atoms with Crippen LogP contribution in [0.3, 0.4) is 0 Å². The number of ether oxygens (including phenoxy) is 3. The Kier molecular flexibility index (Phi) is 10.5. The van der Waals surface area contributed by atoms with E-state index in [4.69, 9.17) is 15.2 Å². The molecule has 0 heterocycles. The summed E-state index contributed by atoms with van der Waals surface area (Å²) in [6.45, 7) is 5.17. The molecule has 1 aromatic rings. The van der Waals surface area contributed by atoms with Gasteiger partial charge in [-0.1, -0.05) is 25.5 Å². The predicted octanol–water partition coefficient (Wildman–Crippen LogP) is 2.82. The number of benzene rings is 1. The molecule has 0 radical (unpaired) electrons. The van der Waals surface area contributed by atoms with Gasteiger partial charge in [-0.15, -0.1) is 13.2 Å². The number of nitrogens with one attached hydrogen (secondary N) is 1. The quantitative estimate of drug-likeness (QED) is 0.333. The molecule has 0 aliphatic carbocycles. The Bertz CT molecular complexity index is 522. The molecule has 9 heteroatoms. The van der Waals surface area contributed by atoms with Crippen molar-refractivity contribution in [1.82, 2.24) is 5.32 Å². The fourth-order valence-electron chi connectivity index (χ4n) is 1.85. The lowest BCUT2D eigenvalue weighted by Gasteiger charge is -2.09. The van der Waals surface area contributed by atoms with Crippen LogP contribution in [0.2, 0.25) is 0 Å². The second-order valence-electron chi connectivity index (χ2n) is 5.40. The van der Waals surface area contributed by atoms with Crippen LogP contribution in [0.5, 0.6) is 5.75 Å². The Morgan fingerprint density at radius 2 is 1.73 bits per heavy atom. The average molecular weight is 377 g/mol. The second-order valence-corrected chi connectivity index (χ2v) is 5.40. The van der Waals surface area contributed by atoms with Crippen molar-refractivity contribution in [3.63, 3.8) is 0 Å². The minimum atomic E-state index is -4.70. The number of rotatable bonds is 12. The van der Waals surface area contributed by atoms with Crippen LogP contribution >= 0.6 is 0 Å². The first-order valence-electron chi connectivity index (χ1n) is 8.44. The van der Waals surface area contributed by atoms with Gasteiger partial charge in [0.1, 0.15) is 5.75 Å². The Hall–Kier alpha value is -2.00. The van der Waals surface area contributed by atoms with E-state index in [1.165, 1.54) is 24.3 Å². The molecule has 1 rings (SSSR count). The van der Waals surface area contributed by atoms with E-state index in [9.17, 15) is 13.2 Å². The third kappa shape index (κ3) is 11.5. The molecule has 0 atom stereocenters. The molecular weight excluding hydrogens is 351 g/mol. The van der Waals surface area contributed by atoms with E-state index < -0.39 is 6.36 Å². The molecule has 6 nitrogen and oxygen atoms in total. The SMILES string of the molecule is CCCCOCCOCCNC(N)=NCc1ccc(OC(F)(F)F)cc1. The molecule has 148 valence electrons. The van der Waals surface area contributed by atoms with Crippen LogP contribution in [0.4, 0.5) is 13.2 Å². The summed E-state index contributed by atoms with van der Waals surface area (Å²) in [7, 11) is 0. The van der Waals surface area contributed by atoms with E-state index in [-0.39, 0.29) is 18.3 Å². The maximum absolute atomic E-state index is 12.1. The predicted molar refractivity (Wildman–Crippen MR) is 93.0 cm³/mol. The number of nitrogens with two attached hydrogens (primary N) is 1. The zero-order valence-electron chi connectivity index (χ0n) is 14.8. The van der Waals surface area contributed by atoms with Gasteiger partial charge in [0.25, 0.3) is 0 Å².